The molecule has 0 amide bonds. The SMILES string of the molecule is CC(C)n1ccc(CC(=O)C2CNCc3ccccc32)n1. The van der Waals surface area contributed by atoms with Crippen LogP contribution in [0.15, 0.2) is 36.5 Å². The van der Waals surface area contributed by atoms with E-state index >= 15 is 0 Å². The Hall–Kier alpha value is -1.94. The maximum absolute atomic E-state index is 12.6. The van der Waals surface area contributed by atoms with Crippen LogP contribution in [-0.4, -0.2) is 22.1 Å². The van der Waals surface area contributed by atoms with Gasteiger partial charge in [0.2, 0.25) is 0 Å². The highest BCUT2D eigenvalue weighted by atomic mass is 16.1. The first-order valence-electron chi connectivity index (χ1n) is 7.50. The Balaban J connectivity index is 1.77. The van der Waals surface area contributed by atoms with Gasteiger partial charge in [0.15, 0.2) is 0 Å². The fraction of sp³-hybridized carbons (Fsp3) is 0.412. The van der Waals surface area contributed by atoms with Gasteiger partial charge in [-0.05, 0) is 31.0 Å². The first-order valence-corrected chi connectivity index (χ1v) is 7.50. The van der Waals surface area contributed by atoms with E-state index in [4.69, 9.17) is 0 Å². The zero-order chi connectivity index (χ0) is 14.8. The van der Waals surface area contributed by atoms with Crippen molar-refractivity contribution in [3.8, 4) is 0 Å². The number of carbonyl (C=O) groups excluding carboxylic acids is 1. The molecule has 0 bridgehead atoms. The summed E-state index contributed by atoms with van der Waals surface area (Å²) in [6, 6.07) is 10.5. The zero-order valence-corrected chi connectivity index (χ0v) is 12.5. The average Bonchev–Trinajstić information content (AvgIpc) is 2.95. The third-order valence-electron chi connectivity index (χ3n) is 4.03. The van der Waals surface area contributed by atoms with Crippen LogP contribution < -0.4 is 5.32 Å². The minimum absolute atomic E-state index is 0.0563. The van der Waals surface area contributed by atoms with E-state index in [1.807, 2.05) is 29.1 Å². The molecule has 2 aromatic rings. The number of hydrogen-bond acceptors (Lipinski definition) is 3. The lowest BCUT2D eigenvalue weighted by atomic mass is 9.86. The molecule has 1 N–H and O–H groups in total. The van der Waals surface area contributed by atoms with Crippen LogP contribution >= 0.6 is 0 Å². The monoisotopic (exact) mass is 283 g/mol. The summed E-state index contributed by atoms with van der Waals surface area (Å²) < 4.78 is 1.90. The molecule has 3 rings (SSSR count). The highest BCUT2D eigenvalue weighted by Crippen LogP contribution is 2.25. The largest absolute Gasteiger partial charge is 0.312 e. The number of rotatable bonds is 4. The molecule has 1 aromatic carbocycles. The summed E-state index contributed by atoms with van der Waals surface area (Å²) in [7, 11) is 0. The Morgan fingerprint density at radius 3 is 2.95 bits per heavy atom. The predicted octanol–water partition coefficient (Wildman–Crippen LogP) is 2.46. The quantitative estimate of drug-likeness (QED) is 0.937. The van der Waals surface area contributed by atoms with Gasteiger partial charge >= 0.3 is 0 Å². The van der Waals surface area contributed by atoms with Gasteiger partial charge in [-0.3, -0.25) is 9.48 Å². The van der Waals surface area contributed by atoms with Crippen LogP contribution in [0, 0.1) is 0 Å². The number of Topliss-reactive ketones (excluding diaryl/α,β-unsaturated/α-hetero) is 1. The highest BCUT2D eigenvalue weighted by molar-refractivity contribution is 5.88. The summed E-state index contributed by atoms with van der Waals surface area (Å²) >= 11 is 0. The van der Waals surface area contributed by atoms with Crippen molar-refractivity contribution in [3.63, 3.8) is 0 Å². The molecule has 1 aromatic heterocycles. The summed E-state index contributed by atoms with van der Waals surface area (Å²) in [6.07, 6.45) is 2.35. The van der Waals surface area contributed by atoms with Crippen LogP contribution in [0.5, 0.6) is 0 Å². The van der Waals surface area contributed by atoms with E-state index in [1.165, 1.54) is 11.1 Å². The molecule has 0 aliphatic carbocycles. The minimum Gasteiger partial charge on any atom is -0.312 e. The Labute approximate surface area is 125 Å². The second-order valence-electron chi connectivity index (χ2n) is 5.91. The molecular formula is C17H21N3O. The summed E-state index contributed by atoms with van der Waals surface area (Å²) in [5.74, 6) is 0.183. The molecule has 0 saturated carbocycles. The normalized spacial score (nSPS) is 17.8. The molecule has 1 atom stereocenters. The molecule has 4 heteroatoms. The fourth-order valence-electron chi connectivity index (χ4n) is 2.84. The molecule has 110 valence electrons. The van der Waals surface area contributed by atoms with Crippen molar-refractivity contribution in [1.29, 1.82) is 0 Å². The third-order valence-corrected chi connectivity index (χ3v) is 4.03. The van der Waals surface area contributed by atoms with Crippen LogP contribution in [0.1, 0.15) is 42.6 Å². The topological polar surface area (TPSA) is 46.9 Å². The molecule has 2 heterocycles. The van der Waals surface area contributed by atoms with Crippen molar-refractivity contribution in [1.82, 2.24) is 15.1 Å². The van der Waals surface area contributed by atoms with E-state index in [-0.39, 0.29) is 11.7 Å². The van der Waals surface area contributed by atoms with Gasteiger partial charge in [0.25, 0.3) is 0 Å². The number of fused-ring (bicyclic) bond motifs is 1. The lowest BCUT2D eigenvalue weighted by Crippen LogP contribution is -2.33. The molecule has 0 saturated heterocycles. The lowest BCUT2D eigenvalue weighted by molar-refractivity contribution is -0.120. The van der Waals surface area contributed by atoms with Crippen molar-refractivity contribution in [3.05, 3.63) is 53.3 Å². The van der Waals surface area contributed by atoms with Crippen LogP contribution in [0.2, 0.25) is 0 Å². The van der Waals surface area contributed by atoms with Gasteiger partial charge in [0, 0.05) is 25.3 Å². The Bertz CT molecular complexity index is 645. The van der Waals surface area contributed by atoms with E-state index in [0.717, 1.165) is 18.8 Å². The number of carbonyl (C=O) groups is 1. The van der Waals surface area contributed by atoms with Gasteiger partial charge in [0.1, 0.15) is 5.78 Å². The highest BCUT2D eigenvalue weighted by Gasteiger charge is 2.26. The molecule has 4 nitrogen and oxygen atoms in total. The Morgan fingerprint density at radius 1 is 1.38 bits per heavy atom. The summed E-state index contributed by atoms with van der Waals surface area (Å²) in [6.45, 7) is 5.74. The van der Waals surface area contributed by atoms with Crippen molar-refractivity contribution in [2.45, 2.75) is 38.8 Å². The number of benzene rings is 1. The van der Waals surface area contributed by atoms with Crippen molar-refractivity contribution in [2.24, 2.45) is 0 Å². The Kier molecular flexibility index (Phi) is 3.88. The predicted molar refractivity (Wildman–Crippen MR) is 82.2 cm³/mol. The number of nitrogens with one attached hydrogen (secondary N) is 1. The fourth-order valence-corrected chi connectivity index (χ4v) is 2.84. The van der Waals surface area contributed by atoms with Gasteiger partial charge in [-0.2, -0.15) is 5.10 Å². The first-order chi connectivity index (χ1) is 10.1. The molecule has 0 fully saturated rings. The number of nitrogens with zero attached hydrogens (tertiary/aromatic N) is 2. The minimum atomic E-state index is -0.0563. The average molecular weight is 283 g/mol. The van der Waals surface area contributed by atoms with Gasteiger partial charge < -0.3 is 5.32 Å². The van der Waals surface area contributed by atoms with Gasteiger partial charge in [0.05, 0.1) is 18.0 Å². The lowest BCUT2D eigenvalue weighted by Gasteiger charge is -2.25. The van der Waals surface area contributed by atoms with E-state index < -0.39 is 0 Å². The summed E-state index contributed by atoms with van der Waals surface area (Å²) in [4.78, 5) is 12.6. The standard InChI is InChI=1S/C17H21N3O/c1-12(2)20-8-7-14(19-20)9-17(21)16-11-18-10-13-5-3-4-6-15(13)16/h3-8,12,16,18H,9-11H2,1-2H3. The summed E-state index contributed by atoms with van der Waals surface area (Å²) in [5, 5.41) is 7.81. The molecular weight excluding hydrogens is 262 g/mol. The van der Waals surface area contributed by atoms with Crippen molar-refractivity contribution < 1.29 is 4.79 Å². The van der Waals surface area contributed by atoms with E-state index in [2.05, 4.69) is 36.4 Å². The van der Waals surface area contributed by atoms with E-state index in [9.17, 15) is 4.79 Å². The smallest absolute Gasteiger partial charge is 0.147 e. The molecule has 21 heavy (non-hydrogen) atoms. The first kappa shape index (κ1) is 14.0. The number of ketones is 1. The van der Waals surface area contributed by atoms with Crippen molar-refractivity contribution in [2.75, 3.05) is 6.54 Å². The maximum Gasteiger partial charge on any atom is 0.147 e. The number of aromatic nitrogens is 2. The second kappa shape index (κ2) is 5.82. The van der Waals surface area contributed by atoms with Crippen molar-refractivity contribution >= 4 is 5.78 Å². The van der Waals surface area contributed by atoms with Crippen LogP contribution in [0.3, 0.4) is 0 Å². The molecule has 0 spiro atoms. The maximum atomic E-state index is 12.6. The zero-order valence-electron chi connectivity index (χ0n) is 12.5. The van der Waals surface area contributed by atoms with Crippen LogP contribution in [-0.2, 0) is 17.8 Å². The number of hydrogen-bond donors (Lipinski definition) is 1. The van der Waals surface area contributed by atoms with Gasteiger partial charge in [-0.15, -0.1) is 0 Å². The van der Waals surface area contributed by atoms with E-state index in [1.54, 1.807) is 0 Å². The van der Waals surface area contributed by atoms with Gasteiger partial charge in [-0.25, -0.2) is 0 Å². The van der Waals surface area contributed by atoms with Crippen LogP contribution in [0.25, 0.3) is 0 Å². The van der Waals surface area contributed by atoms with Crippen LogP contribution in [0.4, 0.5) is 0 Å². The summed E-state index contributed by atoms with van der Waals surface area (Å²) in [5.41, 5.74) is 3.26. The Morgan fingerprint density at radius 2 is 2.19 bits per heavy atom. The third kappa shape index (κ3) is 2.90. The molecule has 1 aliphatic rings. The molecule has 1 aliphatic heterocycles. The second-order valence-corrected chi connectivity index (χ2v) is 5.91. The van der Waals surface area contributed by atoms with E-state index in [0.29, 0.717) is 12.5 Å². The van der Waals surface area contributed by atoms with Gasteiger partial charge in [-0.1, -0.05) is 24.3 Å². The molecule has 0 radical (unpaired) electrons. The molecule has 1 unspecified atom stereocenters.